The number of nitrogens with zero attached hydrogens (tertiary/aromatic N) is 1. The largest absolute Gasteiger partial charge is 0.478 e. The zero-order chi connectivity index (χ0) is 17.6. The molecule has 0 spiro atoms. The summed E-state index contributed by atoms with van der Waals surface area (Å²) in [5.41, 5.74) is 3.66. The van der Waals surface area contributed by atoms with Crippen LogP contribution in [0.3, 0.4) is 0 Å². The van der Waals surface area contributed by atoms with Gasteiger partial charge in [0.05, 0.1) is 12.2 Å². The molecule has 1 aliphatic rings. The van der Waals surface area contributed by atoms with Crippen LogP contribution in [0.5, 0.6) is 0 Å². The summed E-state index contributed by atoms with van der Waals surface area (Å²) in [7, 11) is 1.75. The first-order valence-corrected chi connectivity index (χ1v) is 8.80. The molecule has 25 heavy (non-hydrogen) atoms. The molecule has 0 amide bonds. The number of aromatic carboxylic acids is 1. The molecule has 4 heteroatoms. The van der Waals surface area contributed by atoms with Crippen LogP contribution in [-0.4, -0.2) is 42.8 Å². The van der Waals surface area contributed by atoms with Gasteiger partial charge >= 0.3 is 5.97 Å². The Kier molecular flexibility index (Phi) is 5.84. The van der Waals surface area contributed by atoms with Gasteiger partial charge in [0.1, 0.15) is 0 Å². The Morgan fingerprint density at radius 3 is 2.76 bits per heavy atom. The average Bonchev–Trinajstić information content (AvgIpc) is 2.63. The highest BCUT2D eigenvalue weighted by Gasteiger charge is 2.21. The van der Waals surface area contributed by atoms with Crippen molar-refractivity contribution in [3.63, 3.8) is 0 Å². The normalized spacial score (nSPS) is 18.2. The summed E-state index contributed by atoms with van der Waals surface area (Å²) in [4.78, 5) is 13.8. The summed E-state index contributed by atoms with van der Waals surface area (Å²) in [6, 6.07) is 15.6. The molecule has 1 aliphatic heterocycles. The lowest BCUT2D eigenvalue weighted by molar-refractivity contribution is 0.0696. The lowest BCUT2D eigenvalue weighted by Crippen LogP contribution is -2.36. The van der Waals surface area contributed by atoms with E-state index in [0.717, 1.165) is 49.4 Å². The van der Waals surface area contributed by atoms with E-state index in [1.807, 2.05) is 30.3 Å². The minimum atomic E-state index is -0.878. The molecule has 1 unspecified atom stereocenters. The number of likely N-dealkylation sites (tertiary alicyclic amines) is 1. The second kappa shape index (κ2) is 8.28. The summed E-state index contributed by atoms with van der Waals surface area (Å²) in [6.07, 6.45) is 2.36. The molecule has 1 atom stereocenters. The molecule has 0 radical (unpaired) electrons. The number of methoxy groups -OCH3 is 1. The maximum absolute atomic E-state index is 11.4. The van der Waals surface area contributed by atoms with Crippen LogP contribution in [0.25, 0.3) is 11.1 Å². The van der Waals surface area contributed by atoms with Gasteiger partial charge in [0, 0.05) is 20.2 Å². The lowest BCUT2D eigenvalue weighted by atomic mass is 9.95. The van der Waals surface area contributed by atoms with E-state index in [1.165, 1.54) is 6.42 Å². The van der Waals surface area contributed by atoms with Gasteiger partial charge in [0.15, 0.2) is 0 Å². The molecule has 0 aliphatic carbocycles. The maximum Gasteiger partial charge on any atom is 0.335 e. The SMILES string of the molecule is COCC1CCCN(Cc2cc(C(=O)O)ccc2-c2ccccc2)C1. The van der Waals surface area contributed by atoms with E-state index in [2.05, 4.69) is 17.0 Å². The monoisotopic (exact) mass is 339 g/mol. The number of rotatable bonds is 6. The summed E-state index contributed by atoms with van der Waals surface area (Å²) in [6.45, 7) is 3.61. The third-order valence-corrected chi connectivity index (χ3v) is 4.84. The van der Waals surface area contributed by atoms with Gasteiger partial charge in [-0.3, -0.25) is 4.90 Å². The van der Waals surface area contributed by atoms with Crippen molar-refractivity contribution < 1.29 is 14.6 Å². The van der Waals surface area contributed by atoms with Crippen molar-refractivity contribution in [1.29, 1.82) is 0 Å². The van der Waals surface area contributed by atoms with E-state index >= 15 is 0 Å². The fourth-order valence-corrected chi connectivity index (χ4v) is 3.66. The second-order valence-corrected chi connectivity index (χ2v) is 6.74. The van der Waals surface area contributed by atoms with Gasteiger partial charge in [-0.2, -0.15) is 0 Å². The minimum absolute atomic E-state index is 0.347. The number of carboxylic acids is 1. The van der Waals surface area contributed by atoms with Crippen LogP contribution in [-0.2, 0) is 11.3 Å². The van der Waals surface area contributed by atoms with E-state index in [9.17, 15) is 9.90 Å². The van der Waals surface area contributed by atoms with Gasteiger partial charge in [0.2, 0.25) is 0 Å². The summed E-state index contributed by atoms with van der Waals surface area (Å²) < 4.78 is 5.32. The number of hydrogen-bond acceptors (Lipinski definition) is 3. The van der Waals surface area contributed by atoms with E-state index in [-0.39, 0.29) is 0 Å². The topological polar surface area (TPSA) is 49.8 Å². The van der Waals surface area contributed by atoms with Crippen molar-refractivity contribution in [1.82, 2.24) is 4.90 Å². The molecule has 1 heterocycles. The highest BCUT2D eigenvalue weighted by molar-refractivity contribution is 5.89. The predicted octanol–water partition coefficient (Wildman–Crippen LogP) is 3.91. The van der Waals surface area contributed by atoms with Crippen LogP contribution in [0, 0.1) is 5.92 Å². The molecule has 4 nitrogen and oxygen atoms in total. The standard InChI is InChI=1S/C21H25NO3/c1-25-15-16-6-5-11-22(13-16)14-19-12-18(21(23)24)9-10-20(19)17-7-3-2-4-8-17/h2-4,7-10,12,16H,5-6,11,13-15H2,1H3,(H,23,24). The van der Waals surface area contributed by atoms with Crippen molar-refractivity contribution in [2.75, 3.05) is 26.8 Å². The molecule has 132 valence electrons. The maximum atomic E-state index is 11.4. The Balaban J connectivity index is 1.87. The first-order valence-electron chi connectivity index (χ1n) is 8.80. The number of carboxylic acid groups (broad SMARTS) is 1. The quantitative estimate of drug-likeness (QED) is 0.867. The summed E-state index contributed by atoms with van der Waals surface area (Å²) in [5, 5.41) is 9.36. The number of piperidine rings is 1. The lowest BCUT2D eigenvalue weighted by Gasteiger charge is -2.33. The van der Waals surface area contributed by atoms with Crippen LogP contribution in [0.2, 0.25) is 0 Å². The number of carbonyl (C=O) groups is 1. The van der Waals surface area contributed by atoms with Crippen molar-refractivity contribution in [2.45, 2.75) is 19.4 Å². The van der Waals surface area contributed by atoms with Crippen molar-refractivity contribution in [3.8, 4) is 11.1 Å². The molecule has 1 fully saturated rings. The van der Waals surface area contributed by atoms with Crippen LogP contribution >= 0.6 is 0 Å². The smallest absolute Gasteiger partial charge is 0.335 e. The Bertz CT molecular complexity index is 712. The Labute approximate surface area is 149 Å². The third kappa shape index (κ3) is 4.47. The zero-order valence-corrected chi connectivity index (χ0v) is 14.6. The van der Waals surface area contributed by atoms with Crippen molar-refractivity contribution in [3.05, 3.63) is 59.7 Å². The summed E-state index contributed by atoms with van der Waals surface area (Å²) in [5.74, 6) is -0.321. The average molecular weight is 339 g/mol. The van der Waals surface area contributed by atoms with Gasteiger partial charge in [-0.25, -0.2) is 4.79 Å². The van der Waals surface area contributed by atoms with Crippen molar-refractivity contribution in [2.24, 2.45) is 5.92 Å². The van der Waals surface area contributed by atoms with Gasteiger partial charge in [-0.1, -0.05) is 36.4 Å². The molecule has 1 saturated heterocycles. The predicted molar refractivity (Wildman–Crippen MR) is 98.7 cm³/mol. The molecule has 0 aromatic heterocycles. The highest BCUT2D eigenvalue weighted by atomic mass is 16.5. The van der Waals surface area contributed by atoms with Crippen LogP contribution in [0.1, 0.15) is 28.8 Å². The molecule has 3 rings (SSSR count). The molecule has 2 aromatic rings. The number of benzene rings is 2. The van der Waals surface area contributed by atoms with Gasteiger partial charge < -0.3 is 9.84 Å². The second-order valence-electron chi connectivity index (χ2n) is 6.74. The number of hydrogen-bond donors (Lipinski definition) is 1. The van der Waals surface area contributed by atoms with Gasteiger partial charge in [-0.05, 0) is 54.1 Å². The molecule has 2 aromatic carbocycles. The van der Waals surface area contributed by atoms with Crippen LogP contribution in [0.4, 0.5) is 0 Å². The summed E-state index contributed by atoms with van der Waals surface area (Å²) >= 11 is 0. The molecule has 0 saturated carbocycles. The molecule has 0 bridgehead atoms. The Hall–Kier alpha value is -2.17. The number of ether oxygens (including phenoxy) is 1. The van der Waals surface area contributed by atoms with Gasteiger partial charge in [0.25, 0.3) is 0 Å². The first-order chi connectivity index (χ1) is 12.2. The minimum Gasteiger partial charge on any atom is -0.478 e. The van der Waals surface area contributed by atoms with Crippen LogP contribution < -0.4 is 0 Å². The van der Waals surface area contributed by atoms with E-state index in [0.29, 0.717) is 11.5 Å². The molecular formula is C21H25NO3. The third-order valence-electron chi connectivity index (χ3n) is 4.84. The Morgan fingerprint density at radius 1 is 1.24 bits per heavy atom. The van der Waals surface area contributed by atoms with Crippen molar-refractivity contribution >= 4 is 5.97 Å². The first kappa shape index (κ1) is 17.6. The zero-order valence-electron chi connectivity index (χ0n) is 14.6. The fraction of sp³-hybridized carbons (Fsp3) is 0.381. The van der Waals surface area contributed by atoms with Crippen LogP contribution in [0.15, 0.2) is 48.5 Å². The van der Waals surface area contributed by atoms with E-state index in [1.54, 1.807) is 13.2 Å². The Morgan fingerprint density at radius 2 is 2.04 bits per heavy atom. The highest BCUT2D eigenvalue weighted by Crippen LogP contribution is 2.27. The fourth-order valence-electron chi connectivity index (χ4n) is 3.66. The van der Waals surface area contributed by atoms with E-state index < -0.39 is 5.97 Å². The van der Waals surface area contributed by atoms with Gasteiger partial charge in [-0.15, -0.1) is 0 Å². The molecule has 1 N–H and O–H groups in total. The molecular weight excluding hydrogens is 314 g/mol. The van der Waals surface area contributed by atoms with E-state index in [4.69, 9.17) is 4.74 Å².